The standard InChI is InChI=1S/C32H44ClN7O5/c1-5-6-23(26(41)30(44)36-22-11-12-22)37-29(43)25-19-40(16-15-39(25)18-20-7-9-21(33)10-8-20)31(45)27(32(2,3)4)38-28(42)24-17-34-13-14-35-24/h7-10,13-14,17,22-23,25-27,41H,5-6,11-12,15-16,18-19H2,1-4H3,(H,36,44)(H,37,43)(H,38,42)/t23-,25+,26?,27+/m0/s1. The number of nitrogens with zero attached hydrogens (tertiary/aromatic N) is 4. The second-order valence-corrected chi connectivity index (χ2v) is 13.3. The molecule has 1 aromatic carbocycles. The van der Waals surface area contributed by atoms with E-state index >= 15 is 0 Å². The van der Waals surface area contributed by atoms with Crippen LogP contribution >= 0.6 is 11.6 Å². The van der Waals surface area contributed by atoms with Gasteiger partial charge in [-0.15, -0.1) is 0 Å². The van der Waals surface area contributed by atoms with Crippen LogP contribution in [0.1, 0.15) is 69.4 Å². The van der Waals surface area contributed by atoms with Crippen molar-refractivity contribution >= 4 is 35.2 Å². The van der Waals surface area contributed by atoms with Crippen LogP contribution in [0.15, 0.2) is 42.9 Å². The zero-order valence-corrected chi connectivity index (χ0v) is 27.1. The van der Waals surface area contributed by atoms with Gasteiger partial charge in [0.1, 0.15) is 17.8 Å². The maximum absolute atomic E-state index is 14.0. The fourth-order valence-electron chi connectivity index (χ4n) is 5.33. The number of carbonyl (C=O) groups is 4. The van der Waals surface area contributed by atoms with Crippen molar-refractivity contribution in [1.29, 1.82) is 0 Å². The van der Waals surface area contributed by atoms with Gasteiger partial charge < -0.3 is 26.0 Å². The largest absolute Gasteiger partial charge is 0.381 e. The van der Waals surface area contributed by atoms with Crippen LogP contribution in [0, 0.1) is 5.41 Å². The predicted octanol–water partition coefficient (Wildman–Crippen LogP) is 1.91. The summed E-state index contributed by atoms with van der Waals surface area (Å²) in [6.45, 7) is 8.67. The van der Waals surface area contributed by atoms with Crippen molar-refractivity contribution in [3.05, 3.63) is 59.1 Å². The van der Waals surface area contributed by atoms with Crippen LogP contribution < -0.4 is 16.0 Å². The summed E-state index contributed by atoms with van der Waals surface area (Å²) in [5, 5.41) is 20.0. The summed E-state index contributed by atoms with van der Waals surface area (Å²) in [6, 6.07) is 4.93. The highest BCUT2D eigenvalue weighted by molar-refractivity contribution is 6.30. The van der Waals surface area contributed by atoms with Gasteiger partial charge in [-0.1, -0.05) is 57.8 Å². The minimum atomic E-state index is -1.40. The molecule has 1 aliphatic carbocycles. The van der Waals surface area contributed by atoms with Crippen LogP contribution in [0.2, 0.25) is 5.02 Å². The molecule has 4 N–H and O–H groups in total. The Labute approximate surface area is 269 Å². The molecule has 2 aliphatic rings. The molecule has 1 aliphatic heterocycles. The van der Waals surface area contributed by atoms with Crippen LogP contribution in [-0.4, -0.2) is 98.4 Å². The molecule has 1 unspecified atom stereocenters. The Kier molecular flexibility index (Phi) is 11.5. The van der Waals surface area contributed by atoms with Crippen LogP contribution in [0.3, 0.4) is 0 Å². The molecule has 244 valence electrons. The summed E-state index contributed by atoms with van der Waals surface area (Å²) >= 11 is 6.09. The van der Waals surface area contributed by atoms with Crippen LogP contribution in [0.4, 0.5) is 0 Å². The lowest BCUT2D eigenvalue weighted by Crippen LogP contribution is -2.64. The second kappa shape index (κ2) is 15.1. The SMILES string of the molecule is CCC[C@H](NC(=O)[C@H]1CN(C(=O)[C@@H](NC(=O)c2cnccn2)C(C)(C)C)CCN1Cc1ccc(Cl)cc1)C(O)C(=O)NC1CC1. The van der Waals surface area contributed by atoms with Gasteiger partial charge in [-0.3, -0.25) is 29.1 Å². The summed E-state index contributed by atoms with van der Waals surface area (Å²) < 4.78 is 0. The number of piperazine rings is 1. The number of hydrogen-bond donors (Lipinski definition) is 4. The van der Waals surface area contributed by atoms with Crippen molar-refractivity contribution in [2.24, 2.45) is 5.41 Å². The lowest BCUT2D eigenvalue weighted by atomic mass is 9.85. The molecule has 13 heteroatoms. The van der Waals surface area contributed by atoms with Gasteiger partial charge in [0.05, 0.1) is 12.2 Å². The van der Waals surface area contributed by atoms with E-state index in [0.29, 0.717) is 37.5 Å². The number of hydrogen-bond acceptors (Lipinski definition) is 8. The van der Waals surface area contributed by atoms with Gasteiger partial charge in [0, 0.05) is 49.6 Å². The van der Waals surface area contributed by atoms with E-state index < -0.39 is 47.4 Å². The van der Waals surface area contributed by atoms with E-state index in [1.165, 1.54) is 18.6 Å². The minimum absolute atomic E-state index is 0.0507. The molecule has 4 atom stereocenters. The topological polar surface area (TPSA) is 157 Å². The average Bonchev–Trinajstić information content (AvgIpc) is 3.84. The van der Waals surface area contributed by atoms with Gasteiger partial charge in [-0.25, -0.2) is 4.98 Å². The van der Waals surface area contributed by atoms with E-state index in [4.69, 9.17) is 11.6 Å². The molecular weight excluding hydrogens is 598 g/mol. The highest BCUT2D eigenvalue weighted by Gasteiger charge is 2.42. The van der Waals surface area contributed by atoms with Gasteiger partial charge in [0.2, 0.25) is 11.8 Å². The van der Waals surface area contributed by atoms with Gasteiger partial charge in [-0.05, 0) is 42.4 Å². The molecule has 45 heavy (non-hydrogen) atoms. The molecule has 2 heterocycles. The number of amides is 4. The van der Waals surface area contributed by atoms with Crippen molar-refractivity contribution in [2.45, 2.75) is 90.2 Å². The Balaban J connectivity index is 1.54. The summed E-state index contributed by atoms with van der Waals surface area (Å²) in [4.78, 5) is 65.2. The minimum Gasteiger partial charge on any atom is -0.381 e. The number of halogens is 1. The maximum Gasteiger partial charge on any atom is 0.272 e. The first kappa shape index (κ1) is 34.3. The molecule has 0 spiro atoms. The average molecular weight is 642 g/mol. The molecular formula is C32H44ClN7O5. The van der Waals surface area contributed by atoms with E-state index in [-0.39, 0.29) is 24.2 Å². The highest BCUT2D eigenvalue weighted by Crippen LogP contribution is 2.25. The number of benzene rings is 1. The molecule has 12 nitrogen and oxygen atoms in total. The Morgan fingerprint density at radius 1 is 1.07 bits per heavy atom. The molecule has 0 radical (unpaired) electrons. The third-order valence-electron chi connectivity index (χ3n) is 8.09. The normalized spacial score (nSPS) is 19.2. The Morgan fingerprint density at radius 2 is 1.78 bits per heavy atom. The summed E-state index contributed by atoms with van der Waals surface area (Å²) in [5.41, 5.74) is 0.379. The number of aromatic nitrogens is 2. The zero-order chi connectivity index (χ0) is 32.7. The number of aliphatic hydroxyl groups is 1. The third-order valence-corrected chi connectivity index (χ3v) is 8.34. The van der Waals surface area contributed by atoms with E-state index in [1.807, 2.05) is 44.7 Å². The summed E-state index contributed by atoms with van der Waals surface area (Å²) in [7, 11) is 0. The van der Waals surface area contributed by atoms with Crippen molar-refractivity contribution in [3.63, 3.8) is 0 Å². The quantitative estimate of drug-likeness (QED) is 0.274. The van der Waals surface area contributed by atoms with E-state index in [1.54, 1.807) is 17.0 Å². The number of rotatable bonds is 12. The van der Waals surface area contributed by atoms with Crippen LogP contribution in [0.5, 0.6) is 0 Å². The molecule has 4 amide bonds. The molecule has 4 rings (SSSR count). The Hall–Kier alpha value is -3.61. The Bertz CT molecular complexity index is 1330. The van der Waals surface area contributed by atoms with Crippen molar-refractivity contribution in [2.75, 3.05) is 19.6 Å². The highest BCUT2D eigenvalue weighted by atomic mass is 35.5. The molecule has 1 saturated heterocycles. The molecule has 2 aromatic rings. The van der Waals surface area contributed by atoms with E-state index in [0.717, 1.165) is 18.4 Å². The first-order chi connectivity index (χ1) is 21.4. The number of carbonyl (C=O) groups excluding carboxylic acids is 4. The monoisotopic (exact) mass is 641 g/mol. The lowest BCUT2D eigenvalue weighted by Gasteiger charge is -2.43. The molecule has 1 saturated carbocycles. The molecule has 1 aromatic heterocycles. The maximum atomic E-state index is 14.0. The first-order valence-corrected chi connectivity index (χ1v) is 15.9. The van der Waals surface area contributed by atoms with E-state index in [9.17, 15) is 24.3 Å². The van der Waals surface area contributed by atoms with Crippen molar-refractivity contribution < 1.29 is 24.3 Å². The van der Waals surface area contributed by atoms with Gasteiger partial charge in [-0.2, -0.15) is 0 Å². The fourth-order valence-corrected chi connectivity index (χ4v) is 5.46. The third kappa shape index (κ3) is 9.44. The predicted molar refractivity (Wildman–Crippen MR) is 169 cm³/mol. The van der Waals surface area contributed by atoms with Gasteiger partial charge in [0.25, 0.3) is 11.8 Å². The zero-order valence-electron chi connectivity index (χ0n) is 26.3. The van der Waals surface area contributed by atoms with Crippen molar-refractivity contribution in [3.8, 4) is 0 Å². The molecule has 2 fully saturated rings. The lowest BCUT2D eigenvalue weighted by molar-refractivity contribution is -0.142. The number of nitrogens with one attached hydrogen (secondary N) is 3. The van der Waals surface area contributed by atoms with Crippen molar-refractivity contribution in [1.82, 2.24) is 35.7 Å². The van der Waals surface area contributed by atoms with E-state index in [2.05, 4.69) is 25.9 Å². The van der Waals surface area contributed by atoms with Crippen LogP contribution in [-0.2, 0) is 20.9 Å². The number of aliphatic hydroxyl groups excluding tert-OH is 1. The van der Waals surface area contributed by atoms with Gasteiger partial charge >= 0.3 is 0 Å². The second-order valence-electron chi connectivity index (χ2n) is 12.9. The first-order valence-electron chi connectivity index (χ1n) is 15.5. The van der Waals surface area contributed by atoms with Gasteiger partial charge in [0.15, 0.2) is 6.10 Å². The smallest absolute Gasteiger partial charge is 0.272 e. The summed E-state index contributed by atoms with van der Waals surface area (Å²) in [5.74, 6) is -1.73. The van der Waals surface area contributed by atoms with Crippen LogP contribution in [0.25, 0.3) is 0 Å². The fraction of sp³-hybridized carbons (Fsp3) is 0.562. The Morgan fingerprint density at radius 3 is 2.38 bits per heavy atom. The molecule has 0 bridgehead atoms. The summed E-state index contributed by atoms with van der Waals surface area (Å²) in [6.07, 6.45) is 5.60.